The van der Waals surface area contributed by atoms with Crippen molar-refractivity contribution in [3.8, 4) is 0 Å². The summed E-state index contributed by atoms with van der Waals surface area (Å²) in [6.45, 7) is 0.134. The van der Waals surface area contributed by atoms with E-state index >= 15 is 0 Å². The summed E-state index contributed by atoms with van der Waals surface area (Å²) in [5.74, 6) is -0.149. The fourth-order valence-electron chi connectivity index (χ4n) is 2.78. The lowest BCUT2D eigenvalue weighted by atomic mass is 10.1. The average Bonchev–Trinajstić information content (AvgIpc) is 3.22. The maximum Gasteiger partial charge on any atom is 0.416 e. The Kier molecular flexibility index (Phi) is 4.79. The minimum Gasteiger partial charge on any atom is -0.454 e. The monoisotopic (exact) mass is 419 g/mol. The molecule has 0 atom stereocenters. The van der Waals surface area contributed by atoms with Gasteiger partial charge in [0.2, 0.25) is 0 Å². The summed E-state index contributed by atoms with van der Waals surface area (Å²) < 4.78 is 44.3. The Morgan fingerprint density at radius 1 is 1.21 bits per heavy atom. The zero-order chi connectivity index (χ0) is 20.6. The van der Waals surface area contributed by atoms with Crippen LogP contribution in [0.4, 0.5) is 23.7 Å². The van der Waals surface area contributed by atoms with Crippen LogP contribution in [0, 0.1) is 0 Å². The number of halogens is 3. The normalized spacial score (nSPS) is 15.9. The van der Waals surface area contributed by atoms with Crippen LogP contribution in [-0.4, -0.2) is 16.1 Å². The highest BCUT2D eigenvalue weighted by molar-refractivity contribution is 8.18. The number of fused-ring (bicyclic) bond motifs is 1. The first-order valence-corrected chi connectivity index (χ1v) is 9.14. The summed E-state index contributed by atoms with van der Waals surface area (Å²) in [5, 5.41) is 5.36. The molecule has 2 N–H and O–H groups in total. The molecule has 0 saturated carbocycles. The maximum atomic E-state index is 12.9. The smallest absolute Gasteiger partial charge is 0.416 e. The van der Waals surface area contributed by atoms with Gasteiger partial charge in [0.25, 0.3) is 11.1 Å². The molecule has 0 unspecified atom stereocenters. The topological polar surface area (TPSA) is 84.2 Å². The van der Waals surface area contributed by atoms with Gasteiger partial charge >= 0.3 is 6.18 Å². The molecule has 3 heterocycles. The number of carbonyl (C=O) groups is 2. The molecule has 0 radical (unpaired) electrons. The van der Waals surface area contributed by atoms with Crippen LogP contribution in [0.5, 0.6) is 0 Å². The molecular weight excluding hydrogens is 407 g/mol. The van der Waals surface area contributed by atoms with Crippen molar-refractivity contribution in [2.75, 3.05) is 5.32 Å². The molecule has 1 aromatic carbocycles. The molecular formula is C19H12F3N3O3S. The van der Waals surface area contributed by atoms with E-state index < -0.39 is 22.9 Å². The minimum absolute atomic E-state index is 0.134. The van der Waals surface area contributed by atoms with Crippen molar-refractivity contribution in [3.05, 3.63) is 64.5 Å². The van der Waals surface area contributed by atoms with Gasteiger partial charge in [0, 0.05) is 24.2 Å². The molecule has 29 heavy (non-hydrogen) atoms. The first-order chi connectivity index (χ1) is 13.8. The van der Waals surface area contributed by atoms with Crippen LogP contribution < -0.4 is 10.6 Å². The fraction of sp³-hybridized carbons (Fsp3) is 0.105. The molecule has 1 aliphatic heterocycles. The third-order valence-electron chi connectivity index (χ3n) is 4.09. The quantitative estimate of drug-likeness (QED) is 0.592. The molecule has 148 valence electrons. The Bertz CT molecular complexity index is 1150. The molecule has 1 aliphatic rings. The van der Waals surface area contributed by atoms with Gasteiger partial charge in [-0.1, -0.05) is 12.1 Å². The van der Waals surface area contributed by atoms with E-state index in [-0.39, 0.29) is 11.4 Å². The first-order valence-electron chi connectivity index (χ1n) is 8.32. The van der Waals surface area contributed by atoms with E-state index in [1.807, 2.05) is 0 Å². The molecule has 10 heteroatoms. The van der Waals surface area contributed by atoms with Crippen LogP contribution in [0.15, 0.2) is 52.0 Å². The van der Waals surface area contributed by atoms with Gasteiger partial charge in [-0.3, -0.25) is 19.9 Å². The molecule has 4 rings (SSSR count). The van der Waals surface area contributed by atoms with Crippen molar-refractivity contribution in [3.63, 3.8) is 0 Å². The number of nitrogens with zero attached hydrogens (tertiary/aromatic N) is 1. The number of nitrogens with one attached hydrogen (secondary N) is 2. The highest BCUT2D eigenvalue weighted by atomic mass is 32.2. The van der Waals surface area contributed by atoms with E-state index in [0.29, 0.717) is 28.0 Å². The molecule has 0 bridgehead atoms. The first kappa shape index (κ1) is 19.1. The van der Waals surface area contributed by atoms with E-state index in [1.54, 1.807) is 18.3 Å². The summed E-state index contributed by atoms with van der Waals surface area (Å²) in [4.78, 5) is 27.2. The van der Waals surface area contributed by atoms with Gasteiger partial charge < -0.3 is 9.73 Å². The lowest BCUT2D eigenvalue weighted by Crippen LogP contribution is -2.17. The van der Waals surface area contributed by atoms with Crippen molar-refractivity contribution in [1.82, 2.24) is 10.3 Å². The van der Waals surface area contributed by atoms with Crippen molar-refractivity contribution in [1.29, 1.82) is 0 Å². The number of carbonyl (C=O) groups excluding carboxylic acids is 2. The van der Waals surface area contributed by atoms with Crippen molar-refractivity contribution in [2.45, 2.75) is 12.7 Å². The Balaban J connectivity index is 1.57. The standard InChI is InChI=1S/C19H12F3N3O3S/c20-19(21,22)12-3-1-2-10(4-12)7-24-14-9-23-8-11-5-13(28-16(11)14)6-15-17(26)25-18(27)29-15/h1-6,8-9,24H,7H2,(H,25,26,27)/b15-6-. The van der Waals surface area contributed by atoms with E-state index in [1.165, 1.54) is 18.3 Å². The summed E-state index contributed by atoms with van der Waals surface area (Å²) >= 11 is 0.772. The minimum atomic E-state index is -4.41. The highest BCUT2D eigenvalue weighted by Gasteiger charge is 2.30. The van der Waals surface area contributed by atoms with Crippen molar-refractivity contribution in [2.24, 2.45) is 0 Å². The average molecular weight is 419 g/mol. The predicted molar refractivity (Wildman–Crippen MR) is 102 cm³/mol. The highest BCUT2D eigenvalue weighted by Crippen LogP contribution is 2.32. The molecule has 2 aromatic heterocycles. The van der Waals surface area contributed by atoms with E-state index in [2.05, 4.69) is 15.6 Å². The van der Waals surface area contributed by atoms with Gasteiger partial charge in [-0.2, -0.15) is 13.2 Å². The number of rotatable bonds is 4. The summed E-state index contributed by atoms with van der Waals surface area (Å²) in [6.07, 6.45) is 0.0919. The third kappa shape index (κ3) is 4.11. The van der Waals surface area contributed by atoms with Crippen LogP contribution in [0.3, 0.4) is 0 Å². The summed E-state index contributed by atoms with van der Waals surface area (Å²) in [5.41, 5.74) is 0.655. The molecule has 6 nitrogen and oxygen atoms in total. The number of hydrogen-bond donors (Lipinski definition) is 2. The van der Waals surface area contributed by atoms with Crippen LogP contribution in [-0.2, 0) is 17.5 Å². The van der Waals surface area contributed by atoms with Gasteiger partial charge in [-0.15, -0.1) is 0 Å². The second kappa shape index (κ2) is 7.28. The number of hydrogen-bond acceptors (Lipinski definition) is 6. The van der Waals surface area contributed by atoms with Gasteiger partial charge in [-0.25, -0.2) is 0 Å². The van der Waals surface area contributed by atoms with Gasteiger partial charge in [0.05, 0.1) is 22.4 Å². The Morgan fingerprint density at radius 2 is 2.03 bits per heavy atom. The molecule has 1 saturated heterocycles. The number of imide groups is 1. The molecule has 0 aliphatic carbocycles. The number of benzene rings is 1. The molecule has 2 amide bonds. The van der Waals surface area contributed by atoms with Crippen molar-refractivity contribution < 1.29 is 27.2 Å². The van der Waals surface area contributed by atoms with E-state index in [9.17, 15) is 22.8 Å². The number of pyridine rings is 1. The Morgan fingerprint density at radius 3 is 2.76 bits per heavy atom. The SMILES string of the molecule is O=C1NC(=O)/C(=C/c2cc3cncc(NCc4cccc(C(F)(F)F)c4)c3o2)S1. The number of alkyl halides is 3. The number of amides is 2. The second-order valence-corrected chi connectivity index (χ2v) is 7.17. The number of aromatic nitrogens is 1. The number of thioether (sulfide) groups is 1. The third-order valence-corrected chi connectivity index (χ3v) is 4.91. The van der Waals surface area contributed by atoms with Crippen LogP contribution in [0.1, 0.15) is 16.9 Å². The van der Waals surface area contributed by atoms with Gasteiger partial charge in [0.15, 0.2) is 5.58 Å². The molecule has 1 fully saturated rings. The van der Waals surface area contributed by atoms with Crippen LogP contribution in [0.25, 0.3) is 17.0 Å². The zero-order valence-corrected chi connectivity index (χ0v) is 15.4. The molecule has 3 aromatic rings. The second-order valence-electron chi connectivity index (χ2n) is 6.16. The maximum absolute atomic E-state index is 12.9. The zero-order valence-electron chi connectivity index (χ0n) is 14.5. The largest absolute Gasteiger partial charge is 0.454 e. The summed E-state index contributed by atoms with van der Waals surface area (Å²) in [7, 11) is 0. The Labute approximate surface area is 166 Å². The lowest BCUT2D eigenvalue weighted by Gasteiger charge is -2.10. The van der Waals surface area contributed by atoms with Crippen molar-refractivity contribution >= 4 is 45.6 Å². The van der Waals surface area contributed by atoms with Crippen LogP contribution >= 0.6 is 11.8 Å². The van der Waals surface area contributed by atoms with E-state index in [4.69, 9.17) is 4.42 Å². The lowest BCUT2D eigenvalue weighted by molar-refractivity contribution is -0.137. The fourth-order valence-corrected chi connectivity index (χ4v) is 3.45. The predicted octanol–water partition coefficient (Wildman–Crippen LogP) is 4.78. The molecule has 0 spiro atoms. The van der Waals surface area contributed by atoms with Gasteiger partial charge in [0.1, 0.15) is 5.76 Å². The number of furan rings is 1. The van der Waals surface area contributed by atoms with E-state index in [0.717, 1.165) is 23.9 Å². The van der Waals surface area contributed by atoms with Gasteiger partial charge in [-0.05, 0) is 35.5 Å². The number of anilines is 1. The Hall–Kier alpha value is -3.27. The summed E-state index contributed by atoms with van der Waals surface area (Å²) in [6, 6.07) is 6.68. The van der Waals surface area contributed by atoms with Crippen LogP contribution in [0.2, 0.25) is 0 Å².